The molecule has 1 aromatic heterocycles. The van der Waals surface area contributed by atoms with Crippen LogP contribution in [0.1, 0.15) is 10.4 Å². The van der Waals surface area contributed by atoms with Crippen molar-refractivity contribution in [1.82, 2.24) is 9.97 Å². The molecule has 0 fully saturated rings. The zero-order chi connectivity index (χ0) is 14.7. The molecular weight excluding hydrogens is 287 g/mol. The van der Waals surface area contributed by atoms with Crippen LogP contribution in [0.4, 0.5) is 4.39 Å². The Morgan fingerprint density at radius 3 is 2.81 bits per heavy atom. The van der Waals surface area contributed by atoms with E-state index in [0.717, 1.165) is 15.9 Å². The highest BCUT2D eigenvalue weighted by Crippen LogP contribution is 2.24. The van der Waals surface area contributed by atoms with Gasteiger partial charge in [0, 0.05) is 10.9 Å². The number of aromatic nitrogens is 2. The molecule has 0 radical (unpaired) electrons. The van der Waals surface area contributed by atoms with E-state index in [1.165, 1.54) is 36.3 Å². The average Bonchev–Trinajstić information content (AvgIpc) is 2.52. The highest BCUT2D eigenvalue weighted by Gasteiger charge is 2.10. The number of para-hydroxylation sites is 1. The van der Waals surface area contributed by atoms with E-state index < -0.39 is 5.82 Å². The molecule has 0 aliphatic carbocycles. The molecule has 21 heavy (non-hydrogen) atoms. The second-order valence-corrected chi connectivity index (χ2v) is 5.38. The largest absolute Gasteiger partial charge is 0.293 e. The summed E-state index contributed by atoms with van der Waals surface area (Å²) in [5, 5.41) is 1.67. The van der Waals surface area contributed by atoms with Crippen LogP contribution in [0.5, 0.6) is 0 Å². The van der Waals surface area contributed by atoms with Gasteiger partial charge in [0.15, 0.2) is 5.78 Å². The van der Waals surface area contributed by atoms with E-state index in [1.807, 2.05) is 24.3 Å². The number of ketones is 1. The Hall–Kier alpha value is -2.27. The number of halogens is 1. The van der Waals surface area contributed by atoms with Crippen LogP contribution >= 0.6 is 11.8 Å². The Morgan fingerprint density at radius 2 is 1.95 bits per heavy atom. The molecule has 3 aromatic rings. The standard InChI is InChI=1S/C16H11FN2OS/c17-12-5-3-4-11(8-12)15(20)9-21-16-13-6-1-2-7-14(13)18-10-19-16/h1-8,10H,9H2. The van der Waals surface area contributed by atoms with Gasteiger partial charge in [-0.2, -0.15) is 0 Å². The molecule has 0 aliphatic rings. The van der Waals surface area contributed by atoms with E-state index >= 15 is 0 Å². The Kier molecular flexibility index (Phi) is 3.92. The molecule has 0 bridgehead atoms. The van der Waals surface area contributed by atoms with Crippen molar-refractivity contribution in [2.75, 3.05) is 5.75 Å². The number of Topliss-reactive ketones (excluding diaryl/α,β-unsaturated/α-hetero) is 1. The third-order valence-electron chi connectivity index (χ3n) is 2.99. The van der Waals surface area contributed by atoms with Gasteiger partial charge in [-0.3, -0.25) is 4.79 Å². The van der Waals surface area contributed by atoms with Crippen LogP contribution in [0, 0.1) is 5.82 Å². The van der Waals surface area contributed by atoms with E-state index in [9.17, 15) is 9.18 Å². The molecule has 104 valence electrons. The van der Waals surface area contributed by atoms with Crippen molar-refractivity contribution >= 4 is 28.4 Å². The van der Waals surface area contributed by atoms with E-state index in [-0.39, 0.29) is 11.5 Å². The molecule has 0 saturated carbocycles. The number of rotatable bonds is 4. The highest BCUT2D eigenvalue weighted by molar-refractivity contribution is 8.00. The first-order chi connectivity index (χ1) is 10.2. The predicted molar refractivity (Wildman–Crippen MR) is 81.0 cm³/mol. The number of carbonyl (C=O) groups is 1. The molecule has 0 N–H and O–H groups in total. The van der Waals surface area contributed by atoms with Crippen LogP contribution in [-0.2, 0) is 0 Å². The van der Waals surface area contributed by atoms with Crippen LogP contribution in [0.15, 0.2) is 59.9 Å². The number of nitrogens with zero attached hydrogens (tertiary/aromatic N) is 2. The summed E-state index contributed by atoms with van der Waals surface area (Å²) in [5.74, 6) is -0.315. The van der Waals surface area contributed by atoms with Gasteiger partial charge in [0.1, 0.15) is 17.2 Å². The van der Waals surface area contributed by atoms with Crippen molar-refractivity contribution in [1.29, 1.82) is 0 Å². The van der Waals surface area contributed by atoms with Gasteiger partial charge in [0.05, 0.1) is 11.3 Å². The zero-order valence-electron chi connectivity index (χ0n) is 11.0. The van der Waals surface area contributed by atoms with Gasteiger partial charge in [0.2, 0.25) is 0 Å². The van der Waals surface area contributed by atoms with E-state index in [0.29, 0.717) is 5.56 Å². The third-order valence-corrected chi connectivity index (χ3v) is 4.00. The Bertz CT molecular complexity index is 802. The lowest BCUT2D eigenvalue weighted by Crippen LogP contribution is -2.03. The first kappa shape index (κ1) is 13.7. The van der Waals surface area contributed by atoms with Gasteiger partial charge in [-0.15, -0.1) is 0 Å². The van der Waals surface area contributed by atoms with Crippen molar-refractivity contribution in [3.8, 4) is 0 Å². The lowest BCUT2D eigenvalue weighted by molar-refractivity contribution is 0.102. The molecule has 0 amide bonds. The summed E-state index contributed by atoms with van der Waals surface area (Å²) in [4.78, 5) is 20.5. The summed E-state index contributed by atoms with van der Waals surface area (Å²) in [7, 11) is 0. The smallest absolute Gasteiger partial charge is 0.173 e. The Morgan fingerprint density at radius 1 is 1.10 bits per heavy atom. The van der Waals surface area contributed by atoms with Crippen LogP contribution in [0.25, 0.3) is 10.9 Å². The fourth-order valence-electron chi connectivity index (χ4n) is 1.97. The zero-order valence-corrected chi connectivity index (χ0v) is 11.8. The molecule has 0 atom stereocenters. The van der Waals surface area contributed by atoms with Crippen LogP contribution in [0.3, 0.4) is 0 Å². The molecule has 0 spiro atoms. The Balaban J connectivity index is 1.79. The van der Waals surface area contributed by atoms with E-state index in [4.69, 9.17) is 0 Å². The minimum atomic E-state index is -0.404. The summed E-state index contributed by atoms with van der Waals surface area (Å²) in [6.45, 7) is 0. The molecule has 0 unspecified atom stereocenters. The van der Waals surface area contributed by atoms with Crippen molar-refractivity contribution in [2.45, 2.75) is 5.03 Å². The van der Waals surface area contributed by atoms with Crippen molar-refractivity contribution in [3.05, 3.63) is 66.2 Å². The maximum Gasteiger partial charge on any atom is 0.173 e. The predicted octanol–water partition coefficient (Wildman–Crippen LogP) is 3.74. The van der Waals surface area contributed by atoms with Gasteiger partial charge in [-0.05, 0) is 18.2 Å². The first-order valence-electron chi connectivity index (χ1n) is 6.35. The molecule has 1 heterocycles. The van der Waals surface area contributed by atoms with Crippen molar-refractivity contribution in [2.24, 2.45) is 0 Å². The second-order valence-electron chi connectivity index (χ2n) is 4.42. The number of fused-ring (bicyclic) bond motifs is 1. The fourth-order valence-corrected chi connectivity index (χ4v) is 2.86. The van der Waals surface area contributed by atoms with Crippen LogP contribution < -0.4 is 0 Å². The summed E-state index contributed by atoms with van der Waals surface area (Å²) in [6, 6.07) is 13.4. The molecule has 0 saturated heterocycles. The van der Waals surface area contributed by atoms with Gasteiger partial charge < -0.3 is 0 Å². The normalized spacial score (nSPS) is 10.7. The minimum absolute atomic E-state index is 0.123. The monoisotopic (exact) mass is 298 g/mol. The fraction of sp³-hybridized carbons (Fsp3) is 0.0625. The van der Waals surface area contributed by atoms with Gasteiger partial charge in [-0.1, -0.05) is 42.1 Å². The highest BCUT2D eigenvalue weighted by atomic mass is 32.2. The molecular formula is C16H11FN2OS. The number of carbonyl (C=O) groups excluding carboxylic acids is 1. The second kappa shape index (κ2) is 6.01. The maximum absolute atomic E-state index is 13.1. The summed E-state index contributed by atoms with van der Waals surface area (Å²) >= 11 is 1.34. The van der Waals surface area contributed by atoms with Crippen LogP contribution in [-0.4, -0.2) is 21.5 Å². The summed E-state index contributed by atoms with van der Waals surface area (Å²) in [6.07, 6.45) is 1.48. The van der Waals surface area contributed by atoms with Gasteiger partial charge in [-0.25, -0.2) is 14.4 Å². The Labute approximate surface area is 125 Å². The molecule has 5 heteroatoms. The molecule has 2 aromatic carbocycles. The van der Waals surface area contributed by atoms with Crippen molar-refractivity contribution < 1.29 is 9.18 Å². The van der Waals surface area contributed by atoms with Gasteiger partial charge >= 0.3 is 0 Å². The SMILES string of the molecule is O=C(CSc1ncnc2ccccc12)c1cccc(F)c1. The summed E-state index contributed by atoms with van der Waals surface area (Å²) in [5.41, 5.74) is 1.22. The van der Waals surface area contributed by atoms with E-state index in [1.54, 1.807) is 6.07 Å². The van der Waals surface area contributed by atoms with Gasteiger partial charge in [0.25, 0.3) is 0 Å². The average molecular weight is 298 g/mol. The van der Waals surface area contributed by atoms with Crippen molar-refractivity contribution in [3.63, 3.8) is 0 Å². The lowest BCUT2D eigenvalue weighted by Gasteiger charge is -2.04. The van der Waals surface area contributed by atoms with E-state index in [2.05, 4.69) is 9.97 Å². The maximum atomic E-state index is 13.1. The minimum Gasteiger partial charge on any atom is -0.293 e. The lowest BCUT2D eigenvalue weighted by atomic mass is 10.1. The number of hydrogen-bond donors (Lipinski definition) is 0. The quantitative estimate of drug-likeness (QED) is 0.418. The molecule has 3 rings (SSSR count). The third kappa shape index (κ3) is 3.08. The number of hydrogen-bond acceptors (Lipinski definition) is 4. The molecule has 3 nitrogen and oxygen atoms in total. The number of thioether (sulfide) groups is 1. The first-order valence-corrected chi connectivity index (χ1v) is 7.34. The topological polar surface area (TPSA) is 42.9 Å². The number of benzene rings is 2. The van der Waals surface area contributed by atoms with Crippen LogP contribution in [0.2, 0.25) is 0 Å². The summed E-state index contributed by atoms with van der Waals surface area (Å²) < 4.78 is 13.1. The molecule has 0 aliphatic heterocycles.